The van der Waals surface area contributed by atoms with E-state index in [1.165, 1.54) is 16.7 Å². The highest BCUT2D eigenvalue weighted by Crippen LogP contribution is 2.24. The molecule has 1 nitrogen and oxygen atoms in total. The van der Waals surface area contributed by atoms with Gasteiger partial charge in [-0.1, -0.05) is 57.4 Å². The molecule has 0 saturated carbocycles. The third-order valence-electron chi connectivity index (χ3n) is 2.81. The van der Waals surface area contributed by atoms with Gasteiger partial charge in [-0.3, -0.25) is 0 Å². The van der Waals surface area contributed by atoms with E-state index in [2.05, 4.69) is 60.1 Å². The lowest BCUT2D eigenvalue weighted by Crippen LogP contribution is -2.12. The van der Waals surface area contributed by atoms with E-state index < -0.39 is 0 Å². The van der Waals surface area contributed by atoms with Gasteiger partial charge in [-0.2, -0.15) is 0 Å². The van der Waals surface area contributed by atoms with Crippen LogP contribution in [0.5, 0.6) is 0 Å². The molecule has 2 aromatic carbocycles. The summed E-state index contributed by atoms with van der Waals surface area (Å²) in [7, 11) is 0. The molecule has 2 heteroatoms. The van der Waals surface area contributed by atoms with Crippen molar-refractivity contribution in [2.45, 2.75) is 19.9 Å². The fraction of sp³-hybridized carbons (Fsp3) is 0.200. The maximum atomic E-state index is 6.30. The van der Waals surface area contributed by atoms with Gasteiger partial charge in [0.05, 0.1) is 6.04 Å². The molecule has 0 aliphatic heterocycles. The maximum absolute atomic E-state index is 6.30. The van der Waals surface area contributed by atoms with Crippen molar-refractivity contribution in [1.82, 2.24) is 0 Å². The second-order valence-electron chi connectivity index (χ2n) is 4.45. The molecule has 0 heterocycles. The zero-order valence-electron chi connectivity index (χ0n) is 10.1. The van der Waals surface area contributed by atoms with E-state index in [4.69, 9.17) is 5.73 Å². The Morgan fingerprint density at radius 2 is 1.59 bits per heavy atom. The van der Waals surface area contributed by atoms with Gasteiger partial charge < -0.3 is 5.73 Å². The van der Waals surface area contributed by atoms with Crippen LogP contribution in [0.2, 0.25) is 0 Å². The van der Waals surface area contributed by atoms with Crippen molar-refractivity contribution < 1.29 is 0 Å². The van der Waals surface area contributed by atoms with E-state index in [0.717, 1.165) is 10.0 Å². The van der Waals surface area contributed by atoms with Crippen LogP contribution in [0.4, 0.5) is 0 Å². The predicted octanol–water partition coefficient (Wildman–Crippen LogP) is 4.11. The first-order valence-electron chi connectivity index (χ1n) is 5.65. The minimum absolute atomic E-state index is 0.0638. The summed E-state index contributed by atoms with van der Waals surface area (Å²) in [6, 6.07) is 14.6. The summed E-state index contributed by atoms with van der Waals surface area (Å²) in [6.45, 7) is 4.20. The minimum atomic E-state index is -0.0638. The highest BCUT2D eigenvalue weighted by molar-refractivity contribution is 9.10. The van der Waals surface area contributed by atoms with Crippen LogP contribution in [0, 0.1) is 13.8 Å². The van der Waals surface area contributed by atoms with Crippen LogP contribution in [0.1, 0.15) is 28.3 Å². The Kier molecular flexibility index (Phi) is 3.65. The van der Waals surface area contributed by atoms with Gasteiger partial charge in [0.15, 0.2) is 0 Å². The highest BCUT2D eigenvalue weighted by atomic mass is 79.9. The van der Waals surface area contributed by atoms with Crippen LogP contribution in [-0.4, -0.2) is 0 Å². The number of rotatable bonds is 2. The van der Waals surface area contributed by atoms with Crippen molar-refractivity contribution in [1.29, 1.82) is 0 Å². The Balaban J connectivity index is 2.39. The van der Waals surface area contributed by atoms with Crippen molar-refractivity contribution in [2.75, 3.05) is 0 Å². The van der Waals surface area contributed by atoms with E-state index in [1.807, 2.05) is 12.1 Å². The Morgan fingerprint density at radius 1 is 0.941 bits per heavy atom. The first-order chi connectivity index (χ1) is 8.06. The number of benzene rings is 2. The molecular formula is C15H16BrN. The molecule has 0 bridgehead atoms. The van der Waals surface area contributed by atoms with Gasteiger partial charge in [0, 0.05) is 4.47 Å². The van der Waals surface area contributed by atoms with Crippen molar-refractivity contribution in [2.24, 2.45) is 5.73 Å². The van der Waals surface area contributed by atoms with Crippen molar-refractivity contribution >= 4 is 15.9 Å². The van der Waals surface area contributed by atoms with E-state index in [0.29, 0.717) is 0 Å². The molecule has 17 heavy (non-hydrogen) atoms. The lowest BCUT2D eigenvalue weighted by molar-refractivity contribution is 0.867. The normalized spacial score (nSPS) is 12.5. The van der Waals surface area contributed by atoms with Gasteiger partial charge >= 0.3 is 0 Å². The number of nitrogens with two attached hydrogens (primary N) is 1. The molecule has 88 valence electrons. The topological polar surface area (TPSA) is 26.0 Å². The molecule has 0 aromatic heterocycles. The molecule has 2 aromatic rings. The molecule has 0 spiro atoms. The third kappa shape index (κ3) is 2.96. The number of hydrogen-bond acceptors (Lipinski definition) is 1. The zero-order valence-corrected chi connectivity index (χ0v) is 11.7. The molecule has 2 N–H and O–H groups in total. The van der Waals surface area contributed by atoms with Gasteiger partial charge in [-0.05, 0) is 37.1 Å². The second-order valence-corrected chi connectivity index (χ2v) is 5.37. The van der Waals surface area contributed by atoms with Crippen LogP contribution in [0.25, 0.3) is 0 Å². The van der Waals surface area contributed by atoms with E-state index in [1.54, 1.807) is 0 Å². The summed E-state index contributed by atoms with van der Waals surface area (Å²) < 4.78 is 1.06. The number of halogens is 1. The molecule has 0 aliphatic carbocycles. The van der Waals surface area contributed by atoms with Crippen LogP contribution in [0.3, 0.4) is 0 Å². The highest BCUT2D eigenvalue weighted by Gasteiger charge is 2.09. The molecule has 0 amide bonds. The van der Waals surface area contributed by atoms with Crippen LogP contribution >= 0.6 is 15.9 Å². The van der Waals surface area contributed by atoms with E-state index in [-0.39, 0.29) is 6.04 Å². The van der Waals surface area contributed by atoms with Crippen molar-refractivity contribution in [3.8, 4) is 0 Å². The SMILES string of the molecule is Cc1cc(C)cc(C(N)c2cccc(Br)c2)c1. The first kappa shape index (κ1) is 12.3. The van der Waals surface area contributed by atoms with Gasteiger partial charge in [0.2, 0.25) is 0 Å². The van der Waals surface area contributed by atoms with E-state index in [9.17, 15) is 0 Å². The Labute approximate surface area is 111 Å². The van der Waals surface area contributed by atoms with Crippen molar-refractivity contribution in [3.63, 3.8) is 0 Å². The second kappa shape index (κ2) is 5.03. The van der Waals surface area contributed by atoms with Crippen LogP contribution in [-0.2, 0) is 0 Å². The average molecular weight is 290 g/mol. The number of hydrogen-bond donors (Lipinski definition) is 1. The van der Waals surface area contributed by atoms with Gasteiger partial charge in [0.25, 0.3) is 0 Å². The first-order valence-corrected chi connectivity index (χ1v) is 6.45. The summed E-state index contributed by atoms with van der Waals surface area (Å²) in [6.07, 6.45) is 0. The molecule has 0 fully saturated rings. The molecule has 2 rings (SSSR count). The van der Waals surface area contributed by atoms with Gasteiger partial charge in [-0.15, -0.1) is 0 Å². The predicted molar refractivity (Wildman–Crippen MR) is 76.1 cm³/mol. The lowest BCUT2D eigenvalue weighted by atomic mass is 9.96. The standard InChI is InChI=1S/C15H16BrN/c1-10-6-11(2)8-13(7-10)15(17)12-4-3-5-14(16)9-12/h3-9,15H,17H2,1-2H3. The smallest absolute Gasteiger partial charge is 0.0552 e. The average Bonchev–Trinajstić information content (AvgIpc) is 2.26. The van der Waals surface area contributed by atoms with Gasteiger partial charge in [0.1, 0.15) is 0 Å². The Bertz CT molecular complexity index is 514. The Morgan fingerprint density at radius 3 is 2.18 bits per heavy atom. The summed E-state index contributed by atoms with van der Waals surface area (Å²) in [5.74, 6) is 0. The summed E-state index contributed by atoms with van der Waals surface area (Å²) in [5, 5.41) is 0. The zero-order chi connectivity index (χ0) is 12.4. The molecule has 0 aliphatic rings. The summed E-state index contributed by atoms with van der Waals surface area (Å²) >= 11 is 3.48. The Hall–Kier alpha value is -1.12. The third-order valence-corrected chi connectivity index (χ3v) is 3.30. The fourth-order valence-electron chi connectivity index (χ4n) is 2.08. The summed E-state index contributed by atoms with van der Waals surface area (Å²) in [4.78, 5) is 0. The largest absolute Gasteiger partial charge is 0.320 e. The molecule has 1 atom stereocenters. The monoisotopic (exact) mass is 289 g/mol. The van der Waals surface area contributed by atoms with Crippen LogP contribution < -0.4 is 5.73 Å². The molecule has 0 saturated heterocycles. The quantitative estimate of drug-likeness (QED) is 0.884. The fourth-order valence-corrected chi connectivity index (χ4v) is 2.50. The van der Waals surface area contributed by atoms with Crippen LogP contribution in [0.15, 0.2) is 46.9 Å². The number of aryl methyl sites for hydroxylation is 2. The maximum Gasteiger partial charge on any atom is 0.0552 e. The molecule has 0 radical (unpaired) electrons. The van der Waals surface area contributed by atoms with Gasteiger partial charge in [-0.25, -0.2) is 0 Å². The molecular weight excluding hydrogens is 274 g/mol. The lowest BCUT2D eigenvalue weighted by Gasteiger charge is -2.14. The minimum Gasteiger partial charge on any atom is -0.320 e. The van der Waals surface area contributed by atoms with Crippen molar-refractivity contribution in [3.05, 3.63) is 69.2 Å². The molecule has 1 unspecified atom stereocenters. The summed E-state index contributed by atoms with van der Waals surface area (Å²) in [5.41, 5.74) is 11.1. The van der Waals surface area contributed by atoms with E-state index >= 15 is 0 Å².